The summed E-state index contributed by atoms with van der Waals surface area (Å²) in [5.74, 6) is -0.358. The molecule has 0 radical (unpaired) electrons. The van der Waals surface area contributed by atoms with Crippen LogP contribution in [-0.2, 0) is 4.74 Å². The van der Waals surface area contributed by atoms with E-state index in [1.807, 2.05) is 0 Å². The molecule has 0 aliphatic heterocycles. The molecule has 3 aromatic rings. The predicted molar refractivity (Wildman–Crippen MR) is 77.8 cm³/mol. The number of hydrogen-bond donors (Lipinski definition) is 1. The van der Waals surface area contributed by atoms with Crippen LogP contribution in [0.15, 0.2) is 50.2 Å². The second kappa shape index (κ2) is 5.40. The van der Waals surface area contributed by atoms with Gasteiger partial charge in [-0.25, -0.2) is 4.79 Å². The molecule has 0 fully saturated rings. The Morgan fingerprint density at radius 2 is 2.09 bits per heavy atom. The highest BCUT2D eigenvalue weighted by Gasteiger charge is 2.16. The van der Waals surface area contributed by atoms with Gasteiger partial charge in [-0.3, -0.25) is 4.79 Å². The number of ether oxygens (including phenoxy) is 1. The van der Waals surface area contributed by atoms with Gasteiger partial charge in [-0.05, 0) is 31.2 Å². The summed E-state index contributed by atoms with van der Waals surface area (Å²) in [6, 6.07) is 7.16. The van der Waals surface area contributed by atoms with E-state index in [1.54, 1.807) is 6.92 Å². The van der Waals surface area contributed by atoms with Gasteiger partial charge in [-0.1, -0.05) is 0 Å². The van der Waals surface area contributed by atoms with E-state index in [0.717, 1.165) is 0 Å². The summed E-state index contributed by atoms with van der Waals surface area (Å²) in [6.45, 7) is 1.92. The maximum Gasteiger partial charge on any atom is 0.374 e. The minimum absolute atomic E-state index is 0.00555. The Morgan fingerprint density at radius 3 is 2.86 bits per heavy atom. The molecule has 2 aromatic heterocycles. The molecule has 6 heteroatoms. The number of furan rings is 1. The number of fused-ring (bicyclic) bond motifs is 1. The summed E-state index contributed by atoms with van der Waals surface area (Å²) in [5.41, 5.74) is 0.144. The molecule has 0 bridgehead atoms. The van der Waals surface area contributed by atoms with Crippen LogP contribution in [0.2, 0.25) is 0 Å². The van der Waals surface area contributed by atoms with Crippen LogP contribution in [-0.4, -0.2) is 17.7 Å². The van der Waals surface area contributed by atoms with Crippen molar-refractivity contribution in [3.63, 3.8) is 0 Å². The van der Waals surface area contributed by atoms with Gasteiger partial charge in [0.1, 0.15) is 28.9 Å². The first-order chi connectivity index (χ1) is 10.6. The Morgan fingerprint density at radius 1 is 1.27 bits per heavy atom. The fraction of sp³-hybridized carbons (Fsp3) is 0.125. The van der Waals surface area contributed by atoms with Crippen LogP contribution in [0.3, 0.4) is 0 Å². The van der Waals surface area contributed by atoms with Gasteiger partial charge in [-0.15, -0.1) is 0 Å². The first-order valence-electron chi connectivity index (χ1n) is 6.62. The third kappa shape index (κ3) is 2.35. The third-order valence-corrected chi connectivity index (χ3v) is 3.11. The van der Waals surface area contributed by atoms with E-state index in [1.165, 1.54) is 36.6 Å². The van der Waals surface area contributed by atoms with Gasteiger partial charge in [0.15, 0.2) is 0 Å². The smallest absolute Gasteiger partial charge is 0.374 e. The average Bonchev–Trinajstić information content (AvgIpc) is 2.97. The van der Waals surface area contributed by atoms with Crippen LogP contribution < -0.4 is 5.43 Å². The predicted octanol–water partition coefficient (Wildman–Crippen LogP) is 2.94. The van der Waals surface area contributed by atoms with Crippen molar-refractivity contribution in [2.75, 3.05) is 6.61 Å². The summed E-state index contributed by atoms with van der Waals surface area (Å²) >= 11 is 0. The number of rotatable bonds is 3. The van der Waals surface area contributed by atoms with E-state index in [4.69, 9.17) is 13.6 Å². The first-order valence-corrected chi connectivity index (χ1v) is 6.62. The van der Waals surface area contributed by atoms with Gasteiger partial charge in [0.25, 0.3) is 0 Å². The molecule has 6 nitrogen and oxygen atoms in total. The fourth-order valence-electron chi connectivity index (χ4n) is 2.08. The Bertz CT molecular complexity index is 902. The SMILES string of the molecule is CCOC(=O)c1ccc(-c2coc3cc(O)ccc3c2=O)o1. The molecule has 0 aliphatic carbocycles. The Hall–Kier alpha value is -3.02. The number of hydrogen-bond acceptors (Lipinski definition) is 6. The van der Waals surface area contributed by atoms with Crippen LogP contribution in [0.4, 0.5) is 0 Å². The fourth-order valence-corrected chi connectivity index (χ4v) is 2.08. The largest absolute Gasteiger partial charge is 0.508 e. The van der Waals surface area contributed by atoms with Crippen molar-refractivity contribution in [1.29, 1.82) is 0 Å². The average molecular weight is 300 g/mol. The van der Waals surface area contributed by atoms with E-state index in [-0.39, 0.29) is 40.5 Å². The lowest BCUT2D eigenvalue weighted by Gasteiger charge is -2.01. The van der Waals surface area contributed by atoms with Gasteiger partial charge in [0, 0.05) is 6.07 Å². The van der Waals surface area contributed by atoms with Crippen LogP contribution in [0, 0.1) is 0 Å². The molecule has 1 N–H and O–H groups in total. The van der Waals surface area contributed by atoms with Crippen molar-refractivity contribution in [1.82, 2.24) is 0 Å². The standard InChI is InChI=1S/C16H12O6/c1-2-20-16(19)13-6-5-12(22-13)11-8-21-14-7-9(17)3-4-10(14)15(11)18/h3-8,17H,2H2,1H3. The zero-order valence-electron chi connectivity index (χ0n) is 11.7. The molecule has 0 amide bonds. The van der Waals surface area contributed by atoms with Crippen molar-refractivity contribution in [2.24, 2.45) is 0 Å². The summed E-state index contributed by atoms with van der Waals surface area (Å²) in [4.78, 5) is 24.0. The van der Waals surface area contributed by atoms with Gasteiger partial charge in [-0.2, -0.15) is 0 Å². The molecule has 3 rings (SSSR count). The number of carbonyl (C=O) groups excluding carboxylic acids is 1. The maximum absolute atomic E-state index is 12.4. The Balaban J connectivity index is 2.07. The number of phenolic OH excluding ortho intramolecular Hbond substituents is 1. The second-order valence-corrected chi connectivity index (χ2v) is 4.54. The molecule has 112 valence electrons. The molecule has 0 unspecified atom stereocenters. The normalized spacial score (nSPS) is 10.8. The first kappa shape index (κ1) is 13.9. The van der Waals surface area contributed by atoms with Gasteiger partial charge >= 0.3 is 5.97 Å². The van der Waals surface area contributed by atoms with Crippen LogP contribution in [0.5, 0.6) is 5.75 Å². The number of esters is 1. The van der Waals surface area contributed by atoms with Gasteiger partial charge < -0.3 is 18.7 Å². The van der Waals surface area contributed by atoms with Crippen molar-refractivity contribution in [2.45, 2.75) is 6.92 Å². The lowest BCUT2D eigenvalue weighted by molar-refractivity contribution is 0.0491. The summed E-state index contributed by atoms with van der Waals surface area (Å²) in [6.07, 6.45) is 1.23. The third-order valence-electron chi connectivity index (χ3n) is 3.11. The zero-order chi connectivity index (χ0) is 15.7. The molecule has 22 heavy (non-hydrogen) atoms. The molecule has 0 aliphatic rings. The summed E-state index contributed by atoms with van der Waals surface area (Å²) in [7, 11) is 0. The van der Waals surface area contributed by atoms with E-state index >= 15 is 0 Å². The minimum Gasteiger partial charge on any atom is -0.508 e. The van der Waals surface area contributed by atoms with Gasteiger partial charge in [0.05, 0.1) is 12.0 Å². The highest BCUT2D eigenvalue weighted by molar-refractivity contribution is 5.87. The Labute approximate surface area is 124 Å². The molecular formula is C16H12O6. The Kier molecular flexibility index (Phi) is 3.42. The lowest BCUT2D eigenvalue weighted by atomic mass is 10.1. The van der Waals surface area contributed by atoms with E-state index in [2.05, 4.69) is 0 Å². The van der Waals surface area contributed by atoms with E-state index < -0.39 is 5.97 Å². The summed E-state index contributed by atoms with van der Waals surface area (Å²) in [5, 5.41) is 9.70. The highest BCUT2D eigenvalue weighted by Crippen LogP contribution is 2.24. The molecule has 0 atom stereocenters. The topological polar surface area (TPSA) is 89.9 Å². The number of carbonyl (C=O) groups is 1. The van der Waals surface area contributed by atoms with E-state index in [0.29, 0.717) is 5.39 Å². The highest BCUT2D eigenvalue weighted by atomic mass is 16.5. The monoisotopic (exact) mass is 300 g/mol. The second-order valence-electron chi connectivity index (χ2n) is 4.54. The minimum atomic E-state index is -0.594. The zero-order valence-corrected chi connectivity index (χ0v) is 11.7. The van der Waals surface area contributed by atoms with E-state index in [9.17, 15) is 14.7 Å². The number of benzene rings is 1. The molecule has 2 heterocycles. The van der Waals surface area contributed by atoms with Crippen molar-refractivity contribution >= 4 is 16.9 Å². The van der Waals surface area contributed by atoms with Crippen LogP contribution in [0.25, 0.3) is 22.3 Å². The molecule has 0 spiro atoms. The summed E-state index contributed by atoms with van der Waals surface area (Å²) < 4.78 is 15.5. The van der Waals surface area contributed by atoms with Crippen molar-refractivity contribution < 1.29 is 23.5 Å². The molecule has 1 aromatic carbocycles. The quantitative estimate of drug-likeness (QED) is 0.748. The molecular weight excluding hydrogens is 288 g/mol. The van der Waals surface area contributed by atoms with Crippen molar-refractivity contribution in [3.8, 4) is 17.1 Å². The lowest BCUT2D eigenvalue weighted by Crippen LogP contribution is -2.04. The van der Waals surface area contributed by atoms with Gasteiger partial charge in [0.2, 0.25) is 11.2 Å². The van der Waals surface area contributed by atoms with Crippen LogP contribution >= 0.6 is 0 Å². The maximum atomic E-state index is 12.4. The molecule has 0 saturated carbocycles. The number of aromatic hydroxyl groups is 1. The van der Waals surface area contributed by atoms with Crippen molar-refractivity contribution in [3.05, 3.63) is 52.6 Å². The number of phenols is 1. The van der Waals surface area contributed by atoms with Crippen LogP contribution in [0.1, 0.15) is 17.5 Å². The molecule has 0 saturated heterocycles.